The van der Waals surface area contributed by atoms with Crippen molar-refractivity contribution in [1.29, 1.82) is 0 Å². The van der Waals surface area contributed by atoms with Gasteiger partial charge in [-0.1, -0.05) is 90.6 Å². The second-order valence-electron chi connectivity index (χ2n) is 6.33. The molecule has 0 unspecified atom stereocenters. The molecule has 0 aliphatic rings. The summed E-state index contributed by atoms with van der Waals surface area (Å²) in [6.07, 6.45) is 3.02. The molecule has 5 aromatic rings. The Morgan fingerprint density at radius 2 is 1.06 bits per heavy atom. The molecule has 1 heterocycles. The van der Waals surface area contributed by atoms with Crippen LogP contribution in [0.2, 0.25) is 0 Å². The highest BCUT2D eigenvalue weighted by molar-refractivity contribution is 8.00. The van der Waals surface area contributed by atoms with Crippen LogP contribution >= 0.6 is 11.9 Å². The molecule has 0 aliphatic carbocycles. The number of pyridine rings is 1. The van der Waals surface area contributed by atoms with E-state index in [9.17, 15) is 0 Å². The number of hydrogen-bond donors (Lipinski definition) is 1. The molecule has 3 heteroatoms. The predicted molar refractivity (Wildman–Crippen MR) is 136 cm³/mol. The maximum absolute atomic E-state index is 8.74. The van der Waals surface area contributed by atoms with Crippen molar-refractivity contribution in [1.82, 2.24) is 4.98 Å². The zero-order valence-corrected chi connectivity index (χ0v) is 17.1. The molecule has 5 rings (SSSR count). The maximum Gasteiger partial charge on any atom is 0.0629 e. The first-order valence-electron chi connectivity index (χ1n) is 16.8. The minimum Gasteiger partial charge on any atom is -0.325 e. The molecule has 0 radical (unpaired) electrons. The van der Waals surface area contributed by atoms with Crippen LogP contribution in [-0.2, 0) is 0 Å². The molecule has 0 aliphatic heterocycles. The van der Waals surface area contributed by atoms with Crippen LogP contribution in [0.1, 0.15) is 20.6 Å². The molecule has 2 nitrogen and oxygen atoms in total. The van der Waals surface area contributed by atoms with Crippen molar-refractivity contribution < 1.29 is 20.6 Å². The number of benzene rings is 4. The van der Waals surface area contributed by atoms with Crippen LogP contribution in [0.4, 0.5) is 5.69 Å². The Hall–Kier alpha value is -3.82. The number of rotatable bonds is 6. The predicted octanol–water partition coefficient (Wildman–Crippen LogP) is 8.20. The Balaban J connectivity index is 2.02. The third kappa shape index (κ3) is 4.43. The Morgan fingerprint density at radius 1 is 0.594 bits per heavy atom. The summed E-state index contributed by atoms with van der Waals surface area (Å²) in [4.78, 5) is 4.58. The summed E-state index contributed by atoms with van der Waals surface area (Å²) < 4.78 is 129. The summed E-state index contributed by atoms with van der Waals surface area (Å²) in [5, 5.41) is 0. The summed E-state index contributed by atoms with van der Waals surface area (Å²) in [5.41, 5.74) is -1.34. The molecule has 154 valence electrons. The lowest BCUT2D eigenvalue weighted by atomic mass is 9.91. The first-order valence-corrected chi connectivity index (χ1v) is 10.1. The molecule has 0 fully saturated rings. The summed E-state index contributed by atoms with van der Waals surface area (Å²) in [6, 6.07) is -3.88. The van der Waals surface area contributed by atoms with Crippen molar-refractivity contribution in [2.24, 2.45) is 0 Å². The number of nitrogens with one attached hydrogen (secondary N) is 1. The molecule has 0 saturated carbocycles. The number of hydrogen-bond acceptors (Lipinski definition) is 3. The highest BCUT2D eigenvalue weighted by Crippen LogP contribution is 2.42. The zero-order chi connectivity index (χ0) is 34.6. The Labute approximate surface area is 214 Å². The van der Waals surface area contributed by atoms with Crippen LogP contribution in [0.3, 0.4) is 0 Å². The molecule has 0 saturated heterocycles. The van der Waals surface area contributed by atoms with E-state index in [0.717, 1.165) is 11.9 Å². The Morgan fingerprint density at radius 3 is 1.56 bits per heavy atom. The van der Waals surface area contributed by atoms with E-state index in [0.29, 0.717) is 4.90 Å². The molecule has 32 heavy (non-hydrogen) atoms. The van der Waals surface area contributed by atoms with Crippen LogP contribution in [0.15, 0.2) is 132 Å². The fourth-order valence-corrected chi connectivity index (χ4v) is 3.67. The minimum atomic E-state index is -0.675. The standard InChI is InChI=1S/C29H22N2S/c1-4-10-22(11-5-1)25-20-27(23-12-6-2-7-13-23)29(31-32-26-16-18-30-19-17-26)28(21-25)24-14-8-3-9-15-24/h1-21,31H/i1D,2D,3D,4D,5D,6D,7D,8D,9D,10D,11D,12D,13D,14D,15D. The van der Waals surface area contributed by atoms with Crippen LogP contribution in [0.5, 0.6) is 0 Å². The van der Waals surface area contributed by atoms with Crippen molar-refractivity contribution in [3.8, 4) is 33.4 Å². The first kappa shape index (κ1) is 9.35. The van der Waals surface area contributed by atoms with E-state index in [-0.39, 0.29) is 39.1 Å². The summed E-state index contributed by atoms with van der Waals surface area (Å²) >= 11 is 0.997. The lowest BCUT2D eigenvalue weighted by Gasteiger charge is -2.19. The van der Waals surface area contributed by atoms with Gasteiger partial charge in [-0.05, 0) is 58.5 Å². The van der Waals surface area contributed by atoms with Crippen LogP contribution < -0.4 is 4.72 Å². The molecular weight excluding hydrogens is 408 g/mol. The zero-order valence-electron chi connectivity index (χ0n) is 31.3. The monoisotopic (exact) mass is 445 g/mol. The minimum absolute atomic E-state index is 0.0278. The third-order valence-corrected chi connectivity index (χ3v) is 5.20. The van der Waals surface area contributed by atoms with Crippen molar-refractivity contribution >= 4 is 17.6 Å². The van der Waals surface area contributed by atoms with Gasteiger partial charge in [0.1, 0.15) is 0 Å². The van der Waals surface area contributed by atoms with Gasteiger partial charge < -0.3 is 4.72 Å². The highest BCUT2D eigenvalue weighted by Gasteiger charge is 2.15. The van der Waals surface area contributed by atoms with Gasteiger partial charge in [0.2, 0.25) is 0 Å². The van der Waals surface area contributed by atoms with Gasteiger partial charge in [-0.15, -0.1) is 0 Å². The maximum atomic E-state index is 8.74. The van der Waals surface area contributed by atoms with Gasteiger partial charge in [0.15, 0.2) is 0 Å². The second-order valence-corrected chi connectivity index (χ2v) is 7.21. The van der Waals surface area contributed by atoms with Gasteiger partial charge in [0.05, 0.1) is 26.2 Å². The fourth-order valence-electron chi connectivity index (χ4n) is 2.97. The average Bonchev–Trinajstić information content (AvgIpc) is 3.06. The molecule has 0 atom stereocenters. The summed E-state index contributed by atoms with van der Waals surface area (Å²) in [5.74, 6) is 0. The molecule has 1 aromatic heterocycles. The van der Waals surface area contributed by atoms with Gasteiger partial charge >= 0.3 is 0 Å². The summed E-state index contributed by atoms with van der Waals surface area (Å²) in [7, 11) is 0. The third-order valence-electron chi connectivity index (χ3n) is 4.39. The second kappa shape index (κ2) is 9.54. The van der Waals surface area contributed by atoms with Crippen molar-refractivity contribution in [3.63, 3.8) is 0 Å². The normalized spacial score (nSPS) is 17.2. The van der Waals surface area contributed by atoms with Crippen molar-refractivity contribution in [2.45, 2.75) is 4.90 Å². The summed E-state index contributed by atoms with van der Waals surface area (Å²) in [6.45, 7) is 0. The van der Waals surface area contributed by atoms with E-state index in [4.69, 9.17) is 20.6 Å². The van der Waals surface area contributed by atoms with Gasteiger partial charge in [-0.2, -0.15) is 0 Å². The Kier molecular flexibility index (Phi) is 2.79. The van der Waals surface area contributed by atoms with Crippen molar-refractivity contribution in [2.75, 3.05) is 4.72 Å². The highest BCUT2D eigenvalue weighted by atomic mass is 32.2. The smallest absolute Gasteiger partial charge is 0.0629 e. The molecular formula is C29H22N2S. The largest absolute Gasteiger partial charge is 0.325 e. The number of aromatic nitrogens is 1. The lowest BCUT2D eigenvalue weighted by Crippen LogP contribution is -1.96. The van der Waals surface area contributed by atoms with E-state index in [2.05, 4.69) is 9.71 Å². The molecule has 1 N–H and O–H groups in total. The molecule has 0 amide bonds. The van der Waals surface area contributed by atoms with E-state index in [1.807, 2.05) is 0 Å². The van der Waals surface area contributed by atoms with E-state index >= 15 is 0 Å². The van der Waals surface area contributed by atoms with Crippen molar-refractivity contribution in [3.05, 3.63) is 127 Å². The van der Waals surface area contributed by atoms with Crippen LogP contribution in [0, 0.1) is 0 Å². The van der Waals surface area contributed by atoms with E-state index in [1.165, 1.54) is 24.5 Å². The topological polar surface area (TPSA) is 24.9 Å². The molecule has 0 spiro atoms. The molecule has 4 aromatic carbocycles. The molecule has 0 bridgehead atoms. The van der Waals surface area contributed by atoms with Gasteiger partial charge in [-0.3, -0.25) is 4.98 Å². The number of nitrogens with zero attached hydrogens (tertiary/aromatic N) is 1. The fraction of sp³-hybridized carbons (Fsp3) is 0. The van der Waals surface area contributed by atoms with Gasteiger partial charge in [-0.25, -0.2) is 0 Å². The SMILES string of the molecule is [2H]c1c([2H])c([2H])c(-c2cc(-c3c([2H])c([2H])c([2H])c([2H])c3[2H])c(NSc3ccncc3)c(-c3c([2H])c([2H])c([2H])c([2H])c3[2H])c2)c([2H])c1[2H]. The van der Waals surface area contributed by atoms with Gasteiger partial charge in [0, 0.05) is 28.4 Å². The average molecular weight is 446 g/mol. The lowest BCUT2D eigenvalue weighted by molar-refractivity contribution is 1.26. The Bertz CT molecular complexity index is 1930. The van der Waals surface area contributed by atoms with E-state index in [1.54, 1.807) is 12.1 Å². The quantitative estimate of drug-likeness (QED) is 0.267. The number of anilines is 1. The first-order chi connectivity index (χ1) is 22.1. The van der Waals surface area contributed by atoms with Crippen LogP contribution in [0.25, 0.3) is 33.4 Å². The van der Waals surface area contributed by atoms with Gasteiger partial charge in [0.25, 0.3) is 0 Å². The van der Waals surface area contributed by atoms with Crippen LogP contribution in [-0.4, -0.2) is 4.98 Å². The van der Waals surface area contributed by atoms with E-state index < -0.39 is 90.6 Å².